The molecule has 1 aliphatic carbocycles. The molecule has 1 spiro atoms. The van der Waals surface area contributed by atoms with Crippen LogP contribution in [0, 0.1) is 5.92 Å². The van der Waals surface area contributed by atoms with Gasteiger partial charge >= 0.3 is 0 Å². The molecule has 5 rings (SSSR count). The van der Waals surface area contributed by atoms with Crippen LogP contribution in [0.15, 0.2) is 70.6 Å². The minimum absolute atomic E-state index is 0.134. The number of aliphatic hydroxyl groups is 1. The Morgan fingerprint density at radius 3 is 2.48 bits per heavy atom. The van der Waals surface area contributed by atoms with E-state index in [0.717, 1.165) is 10.5 Å². The summed E-state index contributed by atoms with van der Waals surface area (Å²) in [7, 11) is 0. The number of ether oxygens (including phenoxy) is 3. The van der Waals surface area contributed by atoms with Crippen molar-refractivity contribution >= 4 is 18.5 Å². The van der Waals surface area contributed by atoms with E-state index in [9.17, 15) is 5.11 Å². The lowest BCUT2D eigenvalue weighted by atomic mass is 10.0. The first-order valence-corrected chi connectivity index (χ1v) is 9.97. The molecule has 2 heterocycles. The van der Waals surface area contributed by atoms with Crippen LogP contribution in [0.25, 0.3) is 0 Å². The molecule has 5 nitrogen and oxygen atoms in total. The summed E-state index contributed by atoms with van der Waals surface area (Å²) in [5, 5.41) is 10.8. The van der Waals surface area contributed by atoms with Crippen molar-refractivity contribution in [1.29, 1.82) is 0 Å². The van der Waals surface area contributed by atoms with E-state index in [1.165, 1.54) is 0 Å². The zero-order chi connectivity index (χ0) is 18.4. The van der Waals surface area contributed by atoms with Gasteiger partial charge < -0.3 is 19.3 Å². The van der Waals surface area contributed by atoms with Crippen molar-refractivity contribution in [3.05, 3.63) is 66.2 Å². The van der Waals surface area contributed by atoms with Gasteiger partial charge in [0.1, 0.15) is 17.1 Å². The second kappa shape index (κ2) is 6.72. The van der Waals surface area contributed by atoms with E-state index in [1.807, 2.05) is 60.7 Å². The first-order valence-electron chi connectivity index (χ1n) is 9.09. The number of hydrogen-bond acceptors (Lipinski definition) is 6. The van der Waals surface area contributed by atoms with E-state index in [0.29, 0.717) is 6.61 Å². The quantitative estimate of drug-likeness (QED) is 0.823. The standard InChI is InChI=1S/C21H21NO4S/c1-22-17-16-18(23)21(16)15(25-20(17)27-14-10-6-3-7-11-14)12-24-19(26-21)13-8-4-2-5-9-13/h2-11,15-20,23H,1,12H2/t15?,16?,17?,18?,19-,20-,21?/m0/s1. The molecule has 0 amide bonds. The van der Waals surface area contributed by atoms with Gasteiger partial charge in [-0.25, -0.2) is 0 Å². The number of aliphatic hydroxyl groups excluding tert-OH is 1. The molecule has 1 saturated carbocycles. The monoisotopic (exact) mass is 383 g/mol. The number of rotatable bonds is 4. The average molecular weight is 383 g/mol. The van der Waals surface area contributed by atoms with Crippen molar-refractivity contribution in [2.45, 2.75) is 40.5 Å². The zero-order valence-electron chi connectivity index (χ0n) is 14.7. The molecule has 5 unspecified atom stereocenters. The first-order chi connectivity index (χ1) is 13.2. The number of thioether (sulfide) groups is 1. The van der Waals surface area contributed by atoms with Gasteiger partial charge in [-0.1, -0.05) is 60.3 Å². The molecule has 7 atom stereocenters. The molecular formula is C21H21NO4S. The minimum Gasteiger partial charge on any atom is -0.389 e. The largest absolute Gasteiger partial charge is 0.389 e. The lowest BCUT2D eigenvalue weighted by Gasteiger charge is -2.43. The van der Waals surface area contributed by atoms with E-state index < -0.39 is 18.0 Å². The first kappa shape index (κ1) is 17.4. The van der Waals surface area contributed by atoms with Crippen molar-refractivity contribution in [2.24, 2.45) is 10.9 Å². The highest BCUT2D eigenvalue weighted by molar-refractivity contribution is 7.99. The molecule has 1 N–H and O–H groups in total. The SMILES string of the molecule is C=NC1C2C(O)C23O[C@@H](c2ccccc2)OCC3O[C@H]1Sc1ccccc1. The number of aliphatic imine (C=N–C) groups is 1. The Morgan fingerprint density at radius 2 is 1.78 bits per heavy atom. The van der Waals surface area contributed by atoms with Crippen molar-refractivity contribution in [1.82, 2.24) is 0 Å². The summed E-state index contributed by atoms with van der Waals surface area (Å²) in [6, 6.07) is 19.6. The summed E-state index contributed by atoms with van der Waals surface area (Å²) < 4.78 is 18.5. The van der Waals surface area contributed by atoms with Crippen molar-refractivity contribution < 1.29 is 19.3 Å². The molecule has 0 bridgehead atoms. The van der Waals surface area contributed by atoms with Crippen LogP contribution in [-0.4, -0.2) is 47.7 Å². The number of hydrogen-bond donors (Lipinski definition) is 1. The number of nitrogens with zero attached hydrogens (tertiary/aromatic N) is 1. The Bertz CT molecular complexity index is 819. The van der Waals surface area contributed by atoms with Gasteiger partial charge in [0.2, 0.25) is 0 Å². The van der Waals surface area contributed by atoms with Crippen LogP contribution in [0.5, 0.6) is 0 Å². The summed E-state index contributed by atoms with van der Waals surface area (Å²) in [6.45, 7) is 4.14. The van der Waals surface area contributed by atoms with E-state index in [-0.39, 0.29) is 23.5 Å². The second-order valence-electron chi connectivity index (χ2n) is 7.12. The molecule has 0 radical (unpaired) electrons. The van der Waals surface area contributed by atoms with Gasteiger partial charge in [0.15, 0.2) is 6.29 Å². The molecule has 27 heavy (non-hydrogen) atoms. The Balaban J connectivity index is 1.39. The predicted octanol–water partition coefficient (Wildman–Crippen LogP) is 3.05. The summed E-state index contributed by atoms with van der Waals surface area (Å²) in [6.07, 6.45) is -1.46. The van der Waals surface area contributed by atoms with E-state index in [1.54, 1.807) is 11.8 Å². The molecule has 140 valence electrons. The van der Waals surface area contributed by atoms with Crippen LogP contribution in [0.4, 0.5) is 0 Å². The van der Waals surface area contributed by atoms with Gasteiger partial charge in [0.25, 0.3) is 0 Å². The van der Waals surface area contributed by atoms with Gasteiger partial charge in [0.05, 0.1) is 18.8 Å². The topological polar surface area (TPSA) is 60.3 Å². The average Bonchev–Trinajstić information content (AvgIpc) is 3.31. The molecule has 2 saturated heterocycles. The molecule has 3 aliphatic rings. The third-order valence-corrected chi connectivity index (χ3v) is 6.82. The molecule has 6 heteroatoms. The fourth-order valence-corrected chi connectivity index (χ4v) is 5.43. The molecule has 2 aromatic carbocycles. The van der Waals surface area contributed by atoms with E-state index in [4.69, 9.17) is 14.2 Å². The lowest BCUT2D eigenvalue weighted by molar-refractivity contribution is -0.299. The van der Waals surface area contributed by atoms with E-state index in [2.05, 4.69) is 11.7 Å². The van der Waals surface area contributed by atoms with Gasteiger partial charge in [-0.3, -0.25) is 4.99 Å². The molecular weight excluding hydrogens is 362 g/mol. The van der Waals surface area contributed by atoms with Gasteiger partial charge in [-0.15, -0.1) is 0 Å². The summed E-state index contributed by atoms with van der Waals surface area (Å²) >= 11 is 1.60. The Kier molecular flexibility index (Phi) is 4.33. The fourth-order valence-electron chi connectivity index (χ4n) is 4.26. The van der Waals surface area contributed by atoms with Crippen molar-refractivity contribution in [2.75, 3.05) is 6.61 Å². The normalized spacial score (nSPS) is 39.9. The highest BCUT2D eigenvalue weighted by Gasteiger charge is 2.78. The highest BCUT2D eigenvalue weighted by atomic mass is 32.2. The van der Waals surface area contributed by atoms with Crippen LogP contribution < -0.4 is 0 Å². The fraction of sp³-hybridized carbons (Fsp3) is 0.381. The number of benzene rings is 2. The Labute approximate surface area is 162 Å². The van der Waals surface area contributed by atoms with Crippen LogP contribution in [-0.2, 0) is 14.2 Å². The van der Waals surface area contributed by atoms with Gasteiger partial charge in [-0.2, -0.15) is 0 Å². The maximum Gasteiger partial charge on any atom is 0.184 e. The maximum atomic E-state index is 10.8. The predicted molar refractivity (Wildman–Crippen MR) is 103 cm³/mol. The van der Waals surface area contributed by atoms with Crippen LogP contribution in [0.3, 0.4) is 0 Å². The lowest BCUT2D eigenvalue weighted by Crippen LogP contribution is -2.54. The van der Waals surface area contributed by atoms with Crippen molar-refractivity contribution in [3.8, 4) is 0 Å². The Hall–Kier alpha value is -1.70. The smallest absolute Gasteiger partial charge is 0.184 e. The van der Waals surface area contributed by atoms with E-state index >= 15 is 0 Å². The van der Waals surface area contributed by atoms with Crippen LogP contribution in [0.1, 0.15) is 11.9 Å². The molecule has 2 aromatic rings. The van der Waals surface area contributed by atoms with Gasteiger partial charge in [-0.05, 0) is 18.9 Å². The third-order valence-electron chi connectivity index (χ3n) is 5.65. The molecule has 3 fully saturated rings. The van der Waals surface area contributed by atoms with Crippen LogP contribution in [0.2, 0.25) is 0 Å². The van der Waals surface area contributed by atoms with Crippen LogP contribution >= 0.6 is 11.8 Å². The third kappa shape index (κ3) is 2.75. The summed E-state index contributed by atoms with van der Waals surface area (Å²) in [5.74, 6) is -0.134. The maximum absolute atomic E-state index is 10.8. The molecule has 0 aromatic heterocycles. The summed E-state index contributed by atoms with van der Waals surface area (Å²) in [5.41, 5.74) is -0.0593. The summed E-state index contributed by atoms with van der Waals surface area (Å²) in [4.78, 5) is 5.40. The van der Waals surface area contributed by atoms with Gasteiger partial charge in [0, 0.05) is 16.4 Å². The highest BCUT2D eigenvalue weighted by Crippen LogP contribution is 2.62. The second-order valence-corrected chi connectivity index (χ2v) is 8.29. The zero-order valence-corrected chi connectivity index (χ0v) is 15.5. The van der Waals surface area contributed by atoms with Crippen molar-refractivity contribution in [3.63, 3.8) is 0 Å². The Morgan fingerprint density at radius 1 is 1.07 bits per heavy atom. The molecule has 2 aliphatic heterocycles. The minimum atomic E-state index is -0.766.